The van der Waals surface area contributed by atoms with Crippen LogP contribution in [-0.4, -0.2) is 13.3 Å². The van der Waals surface area contributed by atoms with Crippen LogP contribution in [0.2, 0.25) is 10.0 Å². The van der Waals surface area contributed by atoms with E-state index in [-0.39, 0.29) is 5.02 Å². The molecule has 1 aromatic carbocycles. The Hall–Kier alpha value is -0.560. The Balaban J connectivity index is 3.64. The van der Waals surface area contributed by atoms with E-state index in [4.69, 9.17) is 33.9 Å². The van der Waals surface area contributed by atoms with Crippen molar-refractivity contribution in [3.05, 3.63) is 32.3 Å². The zero-order valence-electron chi connectivity index (χ0n) is 6.78. The van der Waals surface area contributed by atoms with Crippen molar-refractivity contribution in [1.82, 2.24) is 0 Å². The Morgan fingerprint density at radius 3 is 2.20 bits per heavy atom. The summed E-state index contributed by atoms with van der Waals surface area (Å²) in [5.41, 5.74) is -0.681. The summed E-state index contributed by atoms with van der Waals surface area (Å²) in [5.74, 6) is 0. The molecule has 0 aliphatic carbocycles. The highest BCUT2D eigenvalue weighted by Crippen LogP contribution is 2.38. The molecule has 0 spiro atoms. The first-order chi connectivity index (χ1) is 6.75. The quantitative estimate of drug-likeness (QED) is 0.477. The van der Waals surface area contributed by atoms with Crippen LogP contribution in [-0.2, 0) is 9.05 Å². The van der Waals surface area contributed by atoms with Crippen molar-refractivity contribution in [3.8, 4) is 0 Å². The first kappa shape index (κ1) is 12.5. The molecule has 0 N–H and O–H groups in total. The summed E-state index contributed by atoms with van der Waals surface area (Å²) in [6, 6.07) is 2.04. The number of benzene rings is 1. The van der Waals surface area contributed by atoms with Crippen LogP contribution in [0.5, 0.6) is 0 Å². The summed E-state index contributed by atoms with van der Waals surface area (Å²) in [7, 11) is 0.886. The Morgan fingerprint density at radius 1 is 1.27 bits per heavy atom. The zero-order chi connectivity index (χ0) is 11.8. The summed E-state index contributed by atoms with van der Waals surface area (Å²) < 4.78 is 21.9. The molecule has 0 aliphatic heterocycles. The lowest BCUT2D eigenvalue weighted by molar-refractivity contribution is -0.384. The van der Waals surface area contributed by atoms with Gasteiger partial charge in [-0.2, -0.15) is 0 Å². The minimum absolute atomic E-state index is 0.255. The molecule has 5 nitrogen and oxygen atoms in total. The highest BCUT2D eigenvalue weighted by atomic mass is 35.7. The van der Waals surface area contributed by atoms with Gasteiger partial charge in [0.2, 0.25) is 0 Å². The van der Waals surface area contributed by atoms with E-state index in [1.807, 2.05) is 0 Å². The maximum absolute atomic E-state index is 11.0. The predicted molar refractivity (Wildman–Crippen MR) is 56.2 cm³/mol. The molecule has 0 bridgehead atoms. The Bertz CT molecular complexity index is 527. The van der Waals surface area contributed by atoms with E-state index >= 15 is 0 Å². The van der Waals surface area contributed by atoms with E-state index in [9.17, 15) is 18.5 Å². The minimum Gasteiger partial charge on any atom is -0.258 e. The van der Waals surface area contributed by atoms with Gasteiger partial charge >= 0.3 is 5.69 Å². The van der Waals surface area contributed by atoms with Crippen LogP contribution in [0, 0.1) is 10.1 Å². The van der Waals surface area contributed by atoms with Crippen molar-refractivity contribution in [1.29, 1.82) is 0 Å². The topological polar surface area (TPSA) is 77.3 Å². The molecule has 0 amide bonds. The molecule has 0 saturated heterocycles. The minimum atomic E-state index is -4.13. The number of rotatable bonds is 2. The van der Waals surface area contributed by atoms with Crippen LogP contribution in [0.25, 0.3) is 0 Å². The van der Waals surface area contributed by atoms with Crippen molar-refractivity contribution in [2.75, 3.05) is 0 Å². The van der Waals surface area contributed by atoms with Crippen molar-refractivity contribution in [3.63, 3.8) is 0 Å². The summed E-state index contributed by atoms with van der Waals surface area (Å²) in [6.45, 7) is 0. The number of nitro benzene ring substituents is 1. The van der Waals surface area contributed by atoms with E-state index in [2.05, 4.69) is 0 Å². The lowest BCUT2D eigenvalue weighted by atomic mass is 10.3. The lowest BCUT2D eigenvalue weighted by Crippen LogP contribution is -1.97. The van der Waals surface area contributed by atoms with E-state index in [1.54, 1.807) is 0 Å². The zero-order valence-corrected chi connectivity index (χ0v) is 9.86. The highest BCUT2D eigenvalue weighted by molar-refractivity contribution is 8.13. The molecule has 9 heteroatoms. The number of nitro groups is 1. The fraction of sp³-hybridized carbons (Fsp3) is 0. The summed E-state index contributed by atoms with van der Waals surface area (Å²) >= 11 is 11.0. The molecule has 0 heterocycles. The number of halogens is 3. The standard InChI is InChI=1S/C6H2Cl3NO4S/c7-3-1-2-4(15(9,13)14)5(8)6(3)10(11)12/h1-2H. The molecule has 0 radical (unpaired) electrons. The van der Waals surface area contributed by atoms with Crippen LogP contribution in [0.3, 0.4) is 0 Å². The molecule has 0 aromatic heterocycles. The second kappa shape index (κ2) is 4.13. The fourth-order valence-electron chi connectivity index (χ4n) is 0.878. The maximum Gasteiger partial charge on any atom is 0.307 e. The smallest absolute Gasteiger partial charge is 0.258 e. The SMILES string of the molecule is O=[N+]([O-])c1c(Cl)ccc(S(=O)(=O)Cl)c1Cl. The van der Waals surface area contributed by atoms with Gasteiger partial charge in [0.05, 0.1) is 4.92 Å². The van der Waals surface area contributed by atoms with Crippen LogP contribution in [0.4, 0.5) is 5.69 Å². The van der Waals surface area contributed by atoms with Gasteiger partial charge in [0.15, 0.2) is 0 Å². The highest BCUT2D eigenvalue weighted by Gasteiger charge is 2.26. The third-order valence-corrected chi connectivity index (χ3v) is 3.64. The monoisotopic (exact) mass is 289 g/mol. The summed E-state index contributed by atoms with van der Waals surface area (Å²) in [4.78, 5) is 9.10. The average molecular weight is 291 g/mol. The van der Waals surface area contributed by atoms with Gasteiger partial charge in [0.25, 0.3) is 9.05 Å². The molecule has 0 unspecified atom stereocenters. The first-order valence-electron chi connectivity index (χ1n) is 3.32. The van der Waals surface area contributed by atoms with Crippen LogP contribution in [0.1, 0.15) is 0 Å². The predicted octanol–water partition coefficient (Wildman–Crippen LogP) is 2.83. The third kappa shape index (κ3) is 2.52. The van der Waals surface area contributed by atoms with Gasteiger partial charge in [-0.05, 0) is 12.1 Å². The van der Waals surface area contributed by atoms with Crippen LogP contribution >= 0.6 is 33.9 Å². The van der Waals surface area contributed by atoms with Gasteiger partial charge in [-0.3, -0.25) is 10.1 Å². The van der Waals surface area contributed by atoms with E-state index < -0.39 is 29.6 Å². The molecular weight excluding hydrogens is 288 g/mol. The van der Waals surface area contributed by atoms with Crippen LogP contribution in [0.15, 0.2) is 17.0 Å². The average Bonchev–Trinajstić information content (AvgIpc) is 2.00. The Labute approximate surface area is 99.1 Å². The molecule has 0 aliphatic rings. The molecule has 0 saturated carbocycles. The Morgan fingerprint density at radius 2 is 1.80 bits per heavy atom. The van der Waals surface area contributed by atoms with Crippen molar-refractivity contribution in [2.45, 2.75) is 4.90 Å². The molecule has 1 rings (SSSR count). The maximum atomic E-state index is 11.0. The van der Waals surface area contributed by atoms with Crippen molar-refractivity contribution < 1.29 is 13.3 Å². The van der Waals surface area contributed by atoms with Gasteiger partial charge in [0.1, 0.15) is 14.9 Å². The lowest BCUT2D eigenvalue weighted by Gasteiger charge is -2.02. The van der Waals surface area contributed by atoms with Crippen molar-refractivity contribution in [2.24, 2.45) is 0 Å². The second-order valence-electron chi connectivity index (χ2n) is 2.40. The van der Waals surface area contributed by atoms with E-state index in [0.717, 1.165) is 12.1 Å². The summed E-state index contributed by atoms with van der Waals surface area (Å²) in [5, 5.41) is 9.67. The molecular formula is C6H2Cl3NO4S. The van der Waals surface area contributed by atoms with Crippen LogP contribution < -0.4 is 0 Å². The number of hydrogen-bond acceptors (Lipinski definition) is 4. The Kier molecular flexibility index (Phi) is 3.44. The van der Waals surface area contributed by atoms with Gasteiger partial charge in [-0.1, -0.05) is 23.2 Å². The van der Waals surface area contributed by atoms with Gasteiger partial charge in [-0.15, -0.1) is 0 Å². The fourth-order valence-corrected chi connectivity index (χ4v) is 2.74. The molecule has 0 fully saturated rings. The van der Waals surface area contributed by atoms with Crippen molar-refractivity contribution >= 4 is 48.6 Å². The third-order valence-electron chi connectivity index (χ3n) is 1.48. The molecule has 82 valence electrons. The van der Waals surface area contributed by atoms with E-state index in [1.165, 1.54) is 0 Å². The number of nitrogens with zero attached hydrogens (tertiary/aromatic N) is 1. The first-order valence-corrected chi connectivity index (χ1v) is 6.38. The molecule has 15 heavy (non-hydrogen) atoms. The summed E-state index contributed by atoms with van der Waals surface area (Å²) in [6.07, 6.45) is 0. The largest absolute Gasteiger partial charge is 0.307 e. The van der Waals surface area contributed by atoms with Gasteiger partial charge in [-0.25, -0.2) is 8.42 Å². The normalized spacial score (nSPS) is 11.4. The number of hydrogen-bond donors (Lipinski definition) is 0. The molecule has 0 atom stereocenters. The molecule has 1 aromatic rings. The van der Waals surface area contributed by atoms with Gasteiger partial charge < -0.3 is 0 Å². The second-order valence-corrected chi connectivity index (χ2v) is 5.72. The van der Waals surface area contributed by atoms with E-state index in [0.29, 0.717) is 0 Å². The van der Waals surface area contributed by atoms with Gasteiger partial charge in [0, 0.05) is 10.7 Å².